The Bertz CT molecular complexity index is 711. The van der Waals surface area contributed by atoms with E-state index in [1.807, 2.05) is 29.8 Å². The lowest BCUT2D eigenvalue weighted by Gasteiger charge is -2.07. The minimum Gasteiger partial charge on any atom is -0.327 e. The van der Waals surface area contributed by atoms with Gasteiger partial charge in [0, 0.05) is 13.6 Å². The lowest BCUT2D eigenvalue weighted by molar-refractivity contribution is 0.593. The molecule has 0 radical (unpaired) electrons. The maximum absolute atomic E-state index is 4.68. The van der Waals surface area contributed by atoms with Gasteiger partial charge in [-0.25, -0.2) is 4.98 Å². The molecule has 2 aromatic heterocycles. The van der Waals surface area contributed by atoms with Crippen LogP contribution in [0.4, 0.5) is 0 Å². The number of hydrogen-bond acceptors (Lipinski definition) is 4. The van der Waals surface area contributed by atoms with Gasteiger partial charge in [0.25, 0.3) is 0 Å². The van der Waals surface area contributed by atoms with Gasteiger partial charge in [0.15, 0.2) is 0 Å². The average Bonchev–Trinajstić information content (AvgIpc) is 3.02. The molecule has 6 nitrogen and oxygen atoms in total. The van der Waals surface area contributed by atoms with E-state index in [2.05, 4.69) is 38.1 Å². The summed E-state index contributed by atoms with van der Waals surface area (Å²) >= 11 is 0. The number of nitrogens with one attached hydrogen (secondary N) is 1. The zero-order valence-electron chi connectivity index (χ0n) is 11.7. The molecule has 0 amide bonds. The second kappa shape index (κ2) is 5.42. The van der Waals surface area contributed by atoms with E-state index in [1.165, 1.54) is 5.52 Å². The third-order valence-electron chi connectivity index (χ3n) is 3.42. The van der Waals surface area contributed by atoms with Gasteiger partial charge in [0.1, 0.15) is 18.0 Å². The van der Waals surface area contributed by atoms with Crippen molar-refractivity contribution < 1.29 is 0 Å². The second-order valence-corrected chi connectivity index (χ2v) is 4.72. The van der Waals surface area contributed by atoms with Crippen LogP contribution in [-0.2, 0) is 26.7 Å². The maximum Gasteiger partial charge on any atom is 0.146 e. The standard InChI is InChI=1S/C14H18N6/c1-3-20-12-7-5-4-6-11(12)17-13(20)8-15-9-14-18-16-10-19(14)2/h4-7,10,15H,3,8-9H2,1-2H3. The molecule has 0 aliphatic heterocycles. The fourth-order valence-electron chi connectivity index (χ4n) is 2.37. The highest BCUT2D eigenvalue weighted by Gasteiger charge is 2.08. The van der Waals surface area contributed by atoms with Gasteiger partial charge in [0.2, 0.25) is 0 Å². The number of para-hydroxylation sites is 2. The first-order chi connectivity index (χ1) is 9.79. The lowest BCUT2D eigenvalue weighted by atomic mass is 10.3. The Hall–Kier alpha value is -2.21. The minimum absolute atomic E-state index is 0.684. The van der Waals surface area contributed by atoms with Crippen LogP contribution in [0.15, 0.2) is 30.6 Å². The van der Waals surface area contributed by atoms with Crippen LogP contribution in [-0.4, -0.2) is 24.3 Å². The van der Waals surface area contributed by atoms with Crippen LogP contribution < -0.4 is 5.32 Å². The van der Waals surface area contributed by atoms with E-state index in [-0.39, 0.29) is 0 Å². The highest BCUT2D eigenvalue weighted by atomic mass is 15.3. The minimum atomic E-state index is 0.684. The smallest absolute Gasteiger partial charge is 0.146 e. The molecule has 0 unspecified atom stereocenters. The molecule has 3 rings (SSSR count). The molecule has 1 aromatic carbocycles. The zero-order chi connectivity index (χ0) is 13.9. The summed E-state index contributed by atoms with van der Waals surface area (Å²) in [5.74, 6) is 1.97. The largest absolute Gasteiger partial charge is 0.327 e. The van der Waals surface area contributed by atoms with E-state index in [1.54, 1.807) is 6.33 Å². The topological polar surface area (TPSA) is 60.6 Å². The molecule has 104 valence electrons. The molecule has 20 heavy (non-hydrogen) atoms. The Morgan fingerprint density at radius 1 is 1.15 bits per heavy atom. The predicted octanol–water partition coefficient (Wildman–Crippen LogP) is 1.47. The number of rotatable bonds is 5. The number of imidazole rings is 1. The molecule has 0 spiro atoms. The third-order valence-corrected chi connectivity index (χ3v) is 3.42. The predicted molar refractivity (Wildman–Crippen MR) is 77.0 cm³/mol. The van der Waals surface area contributed by atoms with Crippen molar-refractivity contribution in [1.82, 2.24) is 29.6 Å². The van der Waals surface area contributed by atoms with E-state index in [9.17, 15) is 0 Å². The van der Waals surface area contributed by atoms with Gasteiger partial charge in [-0.05, 0) is 19.1 Å². The van der Waals surface area contributed by atoms with Gasteiger partial charge in [0.05, 0.1) is 24.1 Å². The van der Waals surface area contributed by atoms with Crippen LogP contribution in [0.5, 0.6) is 0 Å². The SMILES string of the molecule is CCn1c(CNCc2nncn2C)nc2ccccc21. The van der Waals surface area contributed by atoms with Gasteiger partial charge < -0.3 is 14.5 Å². The van der Waals surface area contributed by atoms with Crippen molar-refractivity contribution in [3.63, 3.8) is 0 Å². The van der Waals surface area contributed by atoms with Crippen molar-refractivity contribution in [3.8, 4) is 0 Å². The lowest BCUT2D eigenvalue weighted by Crippen LogP contribution is -2.18. The Kier molecular flexibility index (Phi) is 3.47. The van der Waals surface area contributed by atoms with E-state index >= 15 is 0 Å². The molecule has 6 heteroatoms. The van der Waals surface area contributed by atoms with Crippen LogP contribution in [0.25, 0.3) is 11.0 Å². The number of nitrogens with zero attached hydrogens (tertiary/aromatic N) is 5. The normalized spacial score (nSPS) is 11.3. The van der Waals surface area contributed by atoms with Crippen molar-refractivity contribution in [2.24, 2.45) is 7.05 Å². The molecule has 0 fully saturated rings. The van der Waals surface area contributed by atoms with Gasteiger partial charge in [-0.3, -0.25) is 0 Å². The van der Waals surface area contributed by atoms with Gasteiger partial charge in [-0.1, -0.05) is 12.1 Å². The van der Waals surface area contributed by atoms with Gasteiger partial charge in [-0.2, -0.15) is 0 Å². The maximum atomic E-state index is 4.68. The van der Waals surface area contributed by atoms with Gasteiger partial charge in [-0.15, -0.1) is 10.2 Å². The first kappa shape index (κ1) is 12.8. The summed E-state index contributed by atoms with van der Waals surface area (Å²) in [5.41, 5.74) is 2.23. The summed E-state index contributed by atoms with van der Waals surface area (Å²) in [6, 6.07) is 8.23. The van der Waals surface area contributed by atoms with Crippen molar-refractivity contribution in [1.29, 1.82) is 0 Å². The van der Waals surface area contributed by atoms with Crippen LogP contribution in [0.3, 0.4) is 0 Å². The third kappa shape index (κ3) is 2.30. The molecule has 1 N–H and O–H groups in total. The highest BCUT2D eigenvalue weighted by Crippen LogP contribution is 2.15. The van der Waals surface area contributed by atoms with Crippen molar-refractivity contribution >= 4 is 11.0 Å². The van der Waals surface area contributed by atoms with Crippen LogP contribution in [0.1, 0.15) is 18.6 Å². The van der Waals surface area contributed by atoms with Crippen LogP contribution in [0.2, 0.25) is 0 Å². The molecular formula is C14H18N6. The quantitative estimate of drug-likeness (QED) is 0.763. The fourth-order valence-corrected chi connectivity index (χ4v) is 2.37. The van der Waals surface area contributed by atoms with E-state index in [0.29, 0.717) is 6.54 Å². The number of aromatic nitrogens is 5. The van der Waals surface area contributed by atoms with E-state index in [0.717, 1.165) is 30.3 Å². The molecule has 0 aliphatic carbocycles. The zero-order valence-corrected chi connectivity index (χ0v) is 11.7. The highest BCUT2D eigenvalue weighted by molar-refractivity contribution is 5.75. The monoisotopic (exact) mass is 270 g/mol. The van der Waals surface area contributed by atoms with Crippen molar-refractivity contribution in [3.05, 3.63) is 42.2 Å². The summed E-state index contributed by atoms with van der Waals surface area (Å²) in [6.07, 6.45) is 1.71. The Balaban J connectivity index is 1.75. The summed E-state index contributed by atoms with van der Waals surface area (Å²) in [6.45, 7) is 4.46. The molecule has 0 aliphatic rings. The fraction of sp³-hybridized carbons (Fsp3) is 0.357. The first-order valence-corrected chi connectivity index (χ1v) is 6.77. The summed E-state index contributed by atoms with van der Waals surface area (Å²) in [7, 11) is 1.94. The Morgan fingerprint density at radius 3 is 2.70 bits per heavy atom. The molecule has 3 aromatic rings. The molecule has 0 saturated heterocycles. The average molecular weight is 270 g/mol. The number of aryl methyl sites for hydroxylation is 2. The summed E-state index contributed by atoms with van der Waals surface area (Å²) in [4.78, 5) is 4.68. The summed E-state index contributed by atoms with van der Waals surface area (Å²) < 4.78 is 4.15. The summed E-state index contributed by atoms with van der Waals surface area (Å²) in [5, 5.41) is 11.3. The molecular weight excluding hydrogens is 252 g/mol. The van der Waals surface area contributed by atoms with Crippen LogP contribution >= 0.6 is 0 Å². The van der Waals surface area contributed by atoms with Crippen molar-refractivity contribution in [2.75, 3.05) is 0 Å². The molecule has 0 saturated carbocycles. The molecule has 2 heterocycles. The van der Waals surface area contributed by atoms with Crippen molar-refractivity contribution in [2.45, 2.75) is 26.6 Å². The Labute approximate surface area is 117 Å². The molecule has 0 bridgehead atoms. The van der Waals surface area contributed by atoms with Crippen LogP contribution in [0, 0.1) is 0 Å². The first-order valence-electron chi connectivity index (χ1n) is 6.77. The second-order valence-electron chi connectivity index (χ2n) is 4.72. The Morgan fingerprint density at radius 2 is 1.95 bits per heavy atom. The number of hydrogen-bond donors (Lipinski definition) is 1. The molecule has 0 atom stereocenters. The van der Waals surface area contributed by atoms with E-state index < -0.39 is 0 Å². The number of benzene rings is 1. The van der Waals surface area contributed by atoms with Gasteiger partial charge >= 0.3 is 0 Å². The number of fused-ring (bicyclic) bond motifs is 1. The van der Waals surface area contributed by atoms with E-state index in [4.69, 9.17) is 0 Å².